The molecule has 1 aliphatic heterocycles. The molecule has 7 heteroatoms. The van der Waals surface area contributed by atoms with E-state index in [1.807, 2.05) is 48.5 Å². The predicted molar refractivity (Wildman–Crippen MR) is 135 cm³/mol. The molecule has 0 saturated carbocycles. The van der Waals surface area contributed by atoms with Crippen molar-refractivity contribution < 1.29 is 4.79 Å². The van der Waals surface area contributed by atoms with Crippen LogP contribution in [-0.2, 0) is 6.54 Å². The molecule has 0 bridgehead atoms. The fraction of sp³-hybridized carbons (Fsp3) is 0.308. The van der Waals surface area contributed by atoms with Crippen LogP contribution in [-0.4, -0.2) is 49.0 Å². The van der Waals surface area contributed by atoms with Crippen molar-refractivity contribution in [1.29, 1.82) is 0 Å². The van der Waals surface area contributed by atoms with Crippen LogP contribution in [0, 0.1) is 0 Å². The molecule has 1 saturated heterocycles. The lowest BCUT2D eigenvalue weighted by Gasteiger charge is -2.33. The highest BCUT2D eigenvalue weighted by Crippen LogP contribution is 2.24. The van der Waals surface area contributed by atoms with Crippen molar-refractivity contribution in [2.45, 2.75) is 19.5 Å². The number of aromatic nitrogens is 1. The molecule has 0 unspecified atom stereocenters. The van der Waals surface area contributed by atoms with Crippen LogP contribution >= 0.6 is 11.6 Å². The van der Waals surface area contributed by atoms with E-state index in [-0.39, 0.29) is 11.9 Å². The van der Waals surface area contributed by atoms with Crippen LogP contribution in [0.3, 0.4) is 0 Å². The van der Waals surface area contributed by atoms with Crippen LogP contribution in [0.5, 0.6) is 0 Å². The van der Waals surface area contributed by atoms with Crippen molar-refractivity contribution in [2.75, 3.05) is 43.4 Å². The lowest BCUT2D eigenvalue weighted by molar-refractivity contribution is 0.102. The highest BCUT2D eigenvalue weighted by molar-refractivity contribution is 6.34. The molecule has 1 aromatic heterocycles. The molecule has 1 amide bonds. The Balaban J connectivity index is 1.37. The van der Waals surface area contributed by atoms with Gasteiger partial charge in [-0.2, -0.15) is 0 Å². The van der Waals surface area contributed by atoms with Gasteiger partial charge < -0.3 is 20.4 Å². The summed E-state index contributed by atoms with van der Waals surface area (Å²) in [5.41, 5.74) is 3.37. The lowest BCUT2D eigenvalue weighted by atomic mass is 10.1. The van der Waals surface area contributed by atoms with E-state index in [0.29, 0.717) is 22.8 Å². The van der Waals surface area contributed by atoms with Gasteiger partial charge in [0.25, 0.3) is 5.91 Å². The Kier molecular flexibility index (Phi) is 7.60. The van der Waals surface area contributed by atoms with Crippen molar-refractivity contribution >= 4 is 29.0 Å². The molecule has 6 nitrogen and oxygen atoms in total. The Morgan fingerprint density at radius 2 is 1.82 bits per heavy atom. The second-order valence-corrected chi connectivity index (χ2v) is 8.88. The van der Waals surface area contributed by atoms with Gasteiger partial charge in [-0.25, -0.2) is 4.98 Å². The number of nitrogens with zero attached hydrogens (tertiary/aromatic N) is 3. The summed E-state index contributed by atoms with van der Waals surface area (Å²) in [6, 6.07) is 19.9. The maximum absolute atomic E-state index is 12.8. The molecule has 1 aliphatic rings. The highest BCUT2D eigenvalue weighted by atomic mass is 35.5. The Morgan fingerprint density at radius 3 is 2.52 bits per heavy atom. The van der Waals surface area contributed by atoms with Gasteiger partial charge in [0.05, 0.1) is 16.3 Å². The molecule has 0 aliphatic carbocycles. The number of pyridine rings is 1. The number of anilines is 2. The van der Waals surface area contributed by atoms with E-state index in [1.54, 1.807) is 6.20 Å². The summed E-state index contributed by atoms with van der Waals surface area (Å²) < 4.78 is 0. The van der Waals surface area contributed by atoms with Crippen LogP contribution < -0.4 is 15.5 Å². The molecule has 0 spiro atoms. The molecule has 2 aromatic carbocycles. The summed E-state index contributed by atoms with van der Waals surface area (Å²) >= 11 is 6.36. The van der Waals surface area contributed by atoms with Crippen LogP contribution in [0.15, 0.2) is 66.9 Å². The normalized spacial score (nSPS) is 15.3. The summed E-state index contributed by atoms with van der Waals surface area (Å²) in [5.74, 6) is 0.676. The number of nitrogens with one attached hydrogen (secondary N) is 2. The molecule has 3 aromatic rings. The first-order valence-electron chi connectivity index (χ1n) is 11.3. The van der Waals surface area contributed by atoms with E-state index < -0.39 is 0 Å². The largest absolute Gasteiger partial charge is 0.354 e. The van der Waals surface area contributed by atoms with Crippen molar-refractivity contribution in [3.8, 4) is 0 Å². The highest BCUT2D eigenvalue weighted by Gasteiger charge is 2.16. The van der Waals surface area contributed by atoms with E-state index in [2.05, 4.69) is 51.5 Å². The number of carbonyl (C=O) groups excluding carboxylic acids is 1. The number of carbonyl (C=O) groups is 1. The number of amides is 1. The molecule has 33 heavy (non-hydrogen) atoms. The minimum absolute atomic E-state index is 0.213. The average Bonchev–Trinajstić information content (AvgIpc) is 2.85. The number of hydrogen-bond acceptors (Lipinski definition) is 5. The van der Waals surface area contributed by atoms with Gasteiger partial charge in [-0.1, -0.05) is 48.0 Å². The monoisotopic (exact) mass is 463 g/mol. The van der Waals surface area contributed by atoms with Crippen LogP contribution in [0.2, 0.25) is 5.02 Å². The predicted octanol–water partition coefficient (Wildman–Crippen LogP) is 4.59. The van der Waals surface area contributed by atoms with Gasteiger partial charge in [0.2, 0.25) is 0 Å². The zero-order chi connectivity index (χ0) is 23.2. The van der Waals surface area contributed by atoms with Crippen molar-refractivity contribution in [3.05, 3.63) is 88.6 Å². The number of rotatable bonds is 7. The minimum atomic E-state index is -0.225. The van der Waals surface area contributed by atoms with E-state index in [0.717, 1.165) is 37.6 Å². The van der Waals surface area contributed by atoms with Gasteiger partial charge in [0, 0.05) is 45.0 Å². The maximum Gasteiger partial charge on any atom is 0.257 e. The van der Waals surface area contributed by atoms with E-state index in [9.17, 15) is 4.79 Å². The first kappa shape index (κ1) is 23.2. The number of piperazine rings is 1. The van der Waals surface area contributed by atoms with Crippen LogP contribution in [0.25, 0.3) is 0 Å². The maximum atomic E-state index is 12.8. The fourth-order valence-electron chi connectivity index (χ4n) is 3.85. The molecule has 2 heterocycles. The van der Waals surface area contributed by atoms with E-state index >= 15 is 0 Å². The van der Waals surface area contributed by atoms with Gasteiger partial charge in [-0.05, 0) is 49.4 Å². The van der Waals surface area contributed by atoms with Crippen LogP contribution in [0.4, 0.5) is 11.5 Å². The Hall–Kier alpha value is -2.93. The quantitative estimate of drug-likeness (QED) is 0.536. The molecule has 1 atom stereocenters. The molecule has 172 valence electrons. The third-order valence-corrected chi connectivity index (χ3v) is 6.36. The zero-order valence-electron chi connectivity index (χ0n) is 19.1. The van der Waals surface area contributed by atoms with Gasteiger partial charge in [0.1, 0.15) is 5.82 Å². The second kappa shape index (κ2) is 10.8. The smallest absolute Gasteiger partial charge is 0.257 e. The molecule has 1 fully saturated rings. The summed E-state index contributed by atoms with van der Waals surface area (Å²) in [6.45, 7) is 6.70. The molecular weight excluding hydrogens is 434 g/mol. The third-order valence-electron chi connectivity index (χ3n) is 6.03. The Morgan fingerprint density at radius 1 is 1.06 bits per heavy atom. The summed E-state index contributed by atoms with van der Waals surface area (Å²) in [5, 5.41) is 6.95. The number of hydrogen-bond donors (Lipinski definition) is 2. The average molecular weight is 464 g/mol. The van der Waals surface area contributed by atoms with Crippen molar-refractivity contribution in [2.24, 2.45) is 0 Å². The SMILES string of the molecule is C[C@@H](NCc1ccc(Cl)c(NC(=O)c2ccc(N3CCN(C)CC3)nc2)c1)c1ccccc1. The second-order valence-electron chi connectivity index (χ2n) is 8.48. The van der Waals surface area contributed by atoms with Gasteiger partial charge in [-0.15, -0.1) is 0 Å². The molecule has 0 radical (unpaired) electrons. The number of benzene rings is 2. The third kappa shape index (κ3) is 6.11. The first-order valence-corrected chi connectivity index (χ1v) is 11.6. The van der Waals surface area contributed by atoms with E-state index in [1.165, 1.54) is 5.56 Å². The summed E-state index contributed by atoms with van der Waals surface area (Å²) in [4.78, 5) is 21.9. The summed E-state index contributed by atoms with van der Waals surface area (Å²) in [6.07, 6.45) is 1.63. The van der Waals surface area contributed by atoms with Gasteiger partial charge >= 0.3 is 0 Å². The van der Waals surface area contributed by atoms with E-state index in [4.69, 9.17) is 11.6 Å². The Bertz CT molecular complexity index is 1070. The van der Waals surface area contributed by atoms with Crippen molar-refractivity contribution in [1.82, 2.24) is 15.2 Å². The standard InChI is InChI=1S/C26H30ClN5O/c1-19(21-6-4-3-5-7-21)28-17-20-8-10-23(27)24(16-20)30-26(33)22-9-11-25(29-18-22)32-14-12-31(2)13-15-32/h3-11,16,18-19,28H,12-15,17H2,1-2H3,(H,30,33)/t19-/m1/s1. The first-order chi connectivity index (χ1) is 16.0. The number of halogens is 1. The van der Waals surface area contributed by atoms with Gasteiger partial charge in [0.15, 0.2) is 0 Å². The molecular formula is C26H30ClN5O. The summed E-state index contributed by atoms with van der Waals surface area (Å²) in [7, 11) is 2.12. The minimum Gasteiger partial charge on any atom is -0.354 e. The topological polar surface area (TPSA) is 60.5 Å². The number of likely N-dealkylation sites (N-methyl/N-ethyl adjacent to an activating group) is 1. The fourth-order valence-corrected chi connectivity index (χ4v) is 4.01. The van der Waals surface area contributed by atoms with Crippen LogP contribution in [0.1, 0.15) is 34.5 Å². The zero-order valence-corrected chi connectivity index (χ0v) is 19.8. The molecule has 2 N–H and O–H groups in total. The van der Waals surface area contributed by atoms with Gasteiger partial charge in [-0.3, -0.25) is 4.79 Å². The van der Waals surface area contributed by atoms with Crippen molar-refractivity contribution in [3.63, 3.8) is 0 Å². The molecule has 4 rings (SSSR count). The lowest BCUT2D eigenvalue weighted by Crippen LogP contribution is -2.44. The Labute approximate surface area is 200 Å².